The maximum absolute atomic E-state index is 10.6. The molecule has 3 N–H and O–H groups in total. The molecule has 0 radical (unpaired) electrons. The smallest absolute Gasteiger partial charge is 0.155 e. The van der Waals surface area contributed by atoms with Crippen LogP contribution in [0.4, 0.5) is 0 Å². The second-order valence-electron chi connectivity index (χ2n) is 8.95. The van der Waals surface area contributed by atoms with Crippen molar-refractivity contribution in [1.29, 1.82) is 0 Å². The monoisotopic (exact) mass is 434 g/mol. The molecule has 168 valence electrons. The molecule has 0 aromatic rings. The first kappa shape index (κ1) is 21.3. The van der Waals surface area contributed by atoms with E-state index in [0.717, 1.165) is 18.6 Å². The summed E-state index contributed by atoms with van der Waals surface area (Å²) in [5, 5.41) is 31.0. The Labute approximate surface area is 188 Å². The molecule has 6 heteroatoms. The van der Waals surface area contributed by atoms with Crippen molar-refractivity contribution >= 4 is 11.5 Å². The Bertz CT molecular complexity index is 1030. The molecule has 5 rings (SSSR count). The number of nitrogens with zero attached hydrogens (tertiary/aromatic N) is 2. The van der Waals surface area contributed by atoms with Crippen LogP contribution in [0.2, 0.25) is 0 Å². The summed E-state index contributed by atoms with van der Waals surface area (Å²) >= 11 is 0. The molecule has 0 fully saturated rings. The quantitative estimate of drug-likeness (QED) is 0.629. The molecule has 0 aromatic heterocycles. The van der Waals surface area contributed by atoms with Crippen molar-refractivity contribution in [1.82, 2.24) is 0 Å². The Hall–Kier alpha value is -2.54. The third-order valence-corrected chi connectivity index (χ3v) is 6.88. The maximum atomic E-state index is 10.6. The van der Waals surface area contributed by atoms with Gasteiger partial charge < -0.3 is 20.1 Å². The summed E-state index contributed by atoms with van der Waals surface area (Å²) in [5.41, 5.74) is 4.81. The number of aliphatic imine (C=N–C) groups is 2. The summed E-state index contributed by atoms with van der Waals surface area (Å²) in [6, 6.07) is 0. The van der Waals surface area contributed by atoms with Crippen LogP contribution in [0.3, 0.4) is 0 Å². The van der Waals surface area contributed by atoms with Crippen molar-refractivity contribution in [3.8, 4) is 0 Å². The predicted molar refractivity (Wildman–Crippen MR) is 124 cm³/mol. The SMILES string of the molecule is CCOC1CC(C2=CC3=C(C=CCC3)C3C=CC=CC23)=NC(C2C(O)C=C(O)CC2O)=N1. The van der Waals surface area contributed by atoms with Gasteiger partial charge in [-0.1, -0.05) is 42.5 Å². The van der Waals surface area contributed by atoms with E-state index in [-0.39, 0.29) is 24.0 Å². The second kappa shape index (κ2) is 8.77. The number of amidine groups is 1. The van der Waals surface area contributed by atoms with Crippen LogP contribution in [0.25, 0.3) is 0 Å². The summed E-state index contributed by atoms with van der Waals surface area (Å²) in [7, 11) is 0. The van der Waals surface area contributed by atoms with Crippen LogP contribution < -0.4 is 0 Å². The molecule has 6 nitrogen and oxygen atoms in total. The van der Waals surface area contributed by atoms with Crippen molar-refractivity contribution in [2.75, 3.05) is 6.61 Å². The summed E-state index contributed by atoms with van der Waals surface area (Å²) in [6.45, 7) is 2.45. The van der Waals surface area contributed by atoms with E-state index >= 15 is 0 Å². The lowest BCUT2D eigenvalue weighted by Crippen LogP contribution is -2.42. The fourth-order valence-corrected chi connectivity index (χ4v) is 5.41. The Morgan fingerprint density at radius 2 is 1.94 bits per heavy atom. The van der Waals surface area contributed by atoms with E-state index in [4.69, 9.17) is 9.73 Å². The zero-order valence-corrected chi connectivity index (χ0v) is 18.3. The van der Waals surface area contributed by atoms with E-state index in [1.165, 1.54) is 22.8 Å². The minimum atomic E-state index is -1.05. The van der Waals surface area contributed by atoms with Gasteiger partial charge in [0, 0.05) is 31.3 Å². The van der Waals surface area contributed by atoms with Gasteiger partial charge in [-0.05, 0) is 42.6 Å². The van der Waals surface area contributed by atoms with Gasteiger partial charge in [0.05, 0.1) is 29.6 Å². The van der Waals surface area contributed by atoms with Gasteiger partial charge in [0.2, 0.25) is 0 Å². The van der Waals surface area contributed by atoms with Gasteiger partial charge in [-0.3, -0.25) is 0 Å². The maximum Gasteiger partial charge on any atom is 0.155 e. The first-order chi connectivity index (χ1) is 15.5. The van der Waals surface area contributed by atoms with Gasteiger partial charge in [0.15, 0.2) is 6.23 Å². The molecule has 0 spiro atoms. The number of fused-ring (bicyclic) bond motifs is 2. The Morgan fingerprint density at radius 1 is 1.12 bits per heavy atom. The van der Waals surface area contributed by atoms with Gasteiger partial charge in [0.25, 0.3) is 0 Å². The Kier molecular flexibility index (Phi) is 5.84. The number of hydrogen-bond donors (Lipinski definition) is 3. The summed E-state index contributed by atoms with van der Waals surface area (Å²) in [6.07, 6.45) is 17.2. The van der Waals surface area contributed by atoms with Crippen LogP contribution in [-0.2, 0) is 4.74 Å². The number of allylic oxidation sites excluding steroid dienone is 10. The second-order valence-corrected chi connectivity index (χ2v) is 8.95. The fourth-order valence-electron chi connectivity index (χ4n) is 5.41. The van der Waals surface area contributed by atoms with E-state index < -0.39 is 24.4 Å². The fraction of sp³-hybridized carbons (Fsp3) is 0.462. The van der Waals surface area contributed by atoms with Crippen LogP contribution in [0.5, 0.6) is 0 Å². The summed E-state index contributed by atoms with van der Waals surface area (Å²) in [4.78, 5) is 9.55. The molecular formula is C26H30N2O4. The van der Waals surface area contributed by atoms with E-state index in [9.17, 15) is 15.3 Å². The van der Waals surface area contributed by atoms with Crippen LogP contribution in [0, 0.1) is 17.8 Å². The van der Waals surface area contributed by atoms with Crippen molar-refractivity contribution < 1.29 is 20.1 Å². The molecule has 4 aliphatic carbocycles. The number of rotatable bonds is 4. The number of ether oxygens (including phenoxy) is 1. The Balaban J connectivity index is 1.56. The highest BCUT2D eigenvalue weighted by molar-refractivity contribution is 6.10. The normalized spacial score (nSPS) is 36.1. The Morgan fingerprint density at radius 3 is 2.72 bits per heavy atom. The number of aliphatic hydroxyl groups is 3. The van der Waals surface area contributed by atoms with Crippen molar-refractivity contribution in [2.45, 2.75) is 51.0 Å². The average Bonchev–Trinajstić information content (AvgIpc) is 2.78. The van der Waals surface area contributed by atoms with Crippen LogP contribution in [-0.4, -0.2) is 51.9 Å². The van der Waals surface area contributed by atoms with Gasteiger partial charge in [-0.2, -0.15) is 0 Å². The lowest BCUT2D eigenvalue weighted by molar-refractivity contribution is 0.0433. The molecule has 1 heterocycles. The molecule has 6 unspecified atom stereocenters. The molecule has 0 amide bonds. The standard InChI is InChI=1S/C26H30N2O4/c1-2-32-24-14-21(27-26(28-24)25-22(30)12-16(29)13-23(25)31)20-11-15-7-3-4-8-17(15)18-9-5-6-10-19(18)20/h4-6,8-12,18-19,22-25,29-31H,2-3,7,13-14H2,1H3. The van der Waals surface area contributed by atoms with E-state index in [1.54, 1.807) is 0 Å². The molecule has 0 saturated carbocycles. The van der Waals surface area contributed by atoms with Gasteiger partial charge in [0.1, 0.15) is 5.84 Å². The highest BCUT2D eigenvalue weighted by atomic mass is 16.5. The van der Waals surface area contributed by atoms with Gasteiger partial charge in [-0.25, -0.2) is 9.98 Å². The lowest BCUT2D eigenvalue weighted by Gasteiger charge is -2.37. The summed E-state index contributed by atoms with van der Waals surface area (Å²) in [5.74, 6) is 0.160. The van der Waals surface area contributed by atoms with Crippen LogP contribution in [0.1, 0.15) is 32.6 Å². The number of aliphatic hydroxyl groups excluding tert-OH is 3. The lowest BCUT2D eigenvalue weighted by atomic mass is 9.69. The largest absolute Gasteiger partial charge is 0.512 e. The van der Waals surface area contributed by atoms with E-state index in [0.29, 0.717) is 18.9 Å². The molecule has 0 aromatic carbocycles. The van der Waals surface area contributed by atoms with Crippen molar-refractivity contribution in [2.24, 2.45) is 27.7 Å². The third-order valence-electron chi connectivity index (χ3n) is 6.88. The highest BCUT2D eigenvalue weighted by Crippen LogP contribution is 2.43. The number of hydrogen-bond acceptors (Lipinski definition) is 6. The zero-order valence-electron chi connectivity index (χ0n) is 18.3. The van der Waals surface area contributed by atoms with Crippen LogP contribution in [0.15, 0.2) is 81.1 Å². The molecular weight excluding hydrogens is 404 g/mol. The van der Waals surface area contributed by atoms with Crippen molar-refractivity contribution in [3.63, 3.8) is 0 Å². The highest BCUT2D eigenvalue weighted by Gasteiger charge is 2.39. The third kappa shape index (κ3) is 3.87. The molecule has 32 heavy (non-hydrogen) atoms. The minimum Gasteiger partial charge on any atom is -0.512 e. The van der Waals surface area contributed by atoms with Gasteiger partial charge >= 0.3 is 0 Å². The first-order valence-electron chi connectivity index (χ1n) is 11.5. The van der Waals surface area contributed by atoms with E-state index in [2.05, 4.69) is 47.5 Å². The van der Waals surface area contributed by atoms with Crippen molar-refractivity contribution in [3.05, 3.63) is 71.1 Å². The first-order valence-corrected chi connectivity index (χ1v) is 11.5. The molecule has 0 bridgehead atoms. The summed E-state index contributed by atoms with van der Waals surface area (Å²) < 4.78 is 5.88. The van der Waals surface area contributed by atoms with Gasteiger partial charge in [-0.15, -0.1) is 0 Å². The zero-order chi connectivity index (χ0) is 22.2. The molecule has 5 aliphatic rings. The van der Waals surface area contributed by atoms with Crippen LogP contribution >= 0.6 is 0 Å². The average molecular weight is 435 g/mol. The molecule has 0 saturated heterocycles. The molecule has 1 aliphatic heterocycles. The van der Waals surface area contributed by atoms with E-state index in [1.807, 2.05) is 6.92 Å². The topological polar surface area (TPSA) is 94.6 Å². The minimum absolute atomic E-state index is 0.00926. The predicted octanol–water partition coefficient (Wildman–Crippen LogP) is 3.72. The molecule has 6 atom stereocenters.